The number of rotatable bonds is 55. The number of allylic oxidation sites excluding steroid dienone is 6. The first-order valence-corrected chi connectivity index (χ1v) is 30.0. The lowest BCUT2D eigenvalue weighted by Gasteiger charge is -2.18. The molecular formula is C62H114O6. The van der Waals surface area contributed by atoms with Crippen LogP contribution in [0.1, 0.15) is 323 Å². The van der Waals surface area contributed by atoms with Gasteiger partial charge in [-0.15, -0.1) is 0 Å². The lowest BCUT2D eigenvalue weighted by Crippen LogP contribution is -2.30. The first-order chi connectivity index (χ1) is 33.5. The predicted molar refractivity (Wildman–Crippen MR) is 293 cm³/mol. The SMILES string of the molecule is CCC/C=C\C/C=C\CCCCCCCC(=O)OCC(COC(=O)CCCCCCCCCCCCCCCCCCCCC)OC(=O)CCCCCCCCC/C=C\CCCCCCCCC. The summed E-state index contributed by atoms with van der Waals surface area (Å²) in [4.78, 5) is 38.2. The minimum absolute atomic E-state index is 0.0746. The Labute approximate surface area is 423 Å². The van der Waals surface area contributed by atoms with E-state index in [1.165, 1.54) is 199 Å². The van der Waals surface area contributed by atoms with Gasteiger partial charge in [0.2, 0.25) is 0 Å². The van der Waals surface area contributed by atoms with E-state index in [0.29, 0.717) is 19.3 Å². The van der Waals surface area contributed by atoms with E-state index in [4.69, 9.17) is 14.2 Å². The Kier molecular flexibility index (Phi) is 55.2. The second kappa shape index (κ2) is 57.2. The van der Waals surface area contributed by atoms with Crippen molar-refractivity contribution in [2.75, 3.05) is 13.2 Å². The number of hydrogen-bond donors (Lipinski definition) is 0. The summed E-state index contributed by atoms with van der Waals surface area (Å²) in [5.41, 5.74) is 0. The number of unbranched alkanes of at least 4 members (excludes halogenated alkanes) is 38. The Balaban J connectivity index is 4.32. The maximum absolute atomic E-state index is 12.9. The molecule has 1 atom stereocenters. The standard InChI is InChI=1S/C62H114O6/c1-4-7-10-13-16-19-22-25-27-29-31-33-34-37-40-43-46-49-52-55-61(64)67-58-59(57-66-60(63)54-51-48-45-42-39-36-24-21-18-15-12-9-6-3)68-62(65)56-53-50-47-44-41-38-35-32-30-28-26-23-20-17-14-11-8-5-2/h12,15,21,24,28,30,59H,4-11,13-14,16-20,22-23,25-27,29,31-58H2,1-3H3/b15-12-,24-21-,30-28-. The fraction of sp³-hybridized carbons (Fsp3) is 0.855. The molecule has 0 aliphatic carbocycles. The molecule has 6 nitrogen and oxygen atoms in total. The lowest BCUT2D eigenvalue weighted by atomic mass is 10.0. The first kappa shape index (κ1) is 65.6. The molecule has 0 heterocycles. The highest BCUT2D eigenvalue weighted by Crippen LogP contribution is 2.17. The molecule has 68 heavy (non-hydrogen) atoms. The zero-order valence-electron chi connectivity index (χ0n) is 45.6. The van der Waals surface area contributed by atoms with E-state index >= 15 is 0 Å². The van der Waals surface area contributed by atoms with Crippen molar-refractivity contribution in [2.24, 2.45) is 0 Å². The van der Waals surface area contributed by atoms with Gasteiger partial charge in [0.05, 0.1) is 0 Å². The van der Waals surface area contributed by atoms with E-state index in [0.717, 1.165) is 83.5 Å². The highest BCUT2D eigenvalue weighted by molar-refractivity contribution is 5.71. The molecule has 0 saturated carbocycles. The zero-order chi connectivity index (χ0) is 49.3. The van der Waals surface area contributed by atoms with Crippen LogP contribution in [0.5, 0.6) is 0 Å². The Morgan fingerprint density at radius 2 is 0.559 bits per heavy atom. The van der Waals surface area contributed by atoms with Crippen molar-refractivity contribution < 1.29 is 28.6 Å². The van der Waals surface area contributed by atoms with Crippen molar-refractivity contribution in [1.82, 2.24) is 0 Å². The second-order valence-corrected chi connectivity index (χ2v) is 20.3. The minimum atomic E-state index is -0.778. The van der Waals surface area contributed by atoms with Gasteiger partial charge >= 0.3 is 17.9 Å². The topological polar surface area (TPSA) is 78.9 Å². The molecule has 0 fully saturated rings. The van der Waals surface area contributed by atoms with E-state index in [1.54, 1.807) is 0 Å². The smallest absolute Gasteiger partial charge is 0.306 e. The van der Waals surface area contributed by atoms with E-state index in [9.17, 15) is 14.4 Å². The fourth-order valence-corrected chi connectivity index (χ4v) is 8.83. The number of ether oxygens (including phenoxy) is 3. The van der Waals surface area contributed by atoms with Crippen molar-refractivity contribution >= 4 is 17.9 Å². The van der Waals surface area contributed by atoms with Crippen LogP contribution < -0.4 is 0 Å². The predicted octanol–water partition coefficient (Wildman–Crippen LogP) is 20.0. The number of carbonyl (C=O) groups excluding carboxylic acids is 3. The van der Waals surface area contributed by atoms with E-state index in [-0.39, 0.29) is 31.1 Å². The van der Waals surface area contributed by atoms with Crippen molar-refractivity contribution in [3.05, 3.63) is 36.5 Å². The number of hydrogen-bond acceptors (Lipinski definition) is 6. The molecule has 1 unspecified atom stereocenters. The van der Waals surface area contributed by atoms with Crippen molar-refractivity contribution in [1.29, 1.82) is 0 Å². The van der Waals surface area contributed by atoms with E-state index in [1.807, 2.05) is 0 Å². The first-order valence-electron chi connectivity index (χ1n) is 30.0. The largest absolute Gasteiger partial charge is 0.462 e. The summed E-state index contributed by atoms with van der Waals surface area (Å²) in [6.07, 6.45) is 68.5. The molecule has 0 amide bonds. The maximum atomic E-state index is 12.9. The molecule has 0 aromatic carbocycles. The fourth-order valence-electron chi connectivity index (χ4n) is 8.83. The van der Waals surface area contributed by atoms with Crippen molar-refractivity contribution in [3.8, 4) is 0 Å². The van der Waals surface area contributed by atoms with Gasteiger partial charge in [0, 0.05) is 19.3 Å². The van der Waals surface area contributed by atoms with Gasteiger partial charge in [0.15, 0.2) is 6.10 Å². The summed E-state index contributed by atoms with van der Waals surface area (Å²) >= 11 is 0. The Morgan fingerprint density at radius 1 is 0.294 bits per heavy atom. The molecule has 0 bridgehead atoms. The molecule has 0 rings (SSSR count). The maximum Gasteiger partial charge on any atom is 0.306 e. The van der Waals surface area contributed by atoms with E-state index in [2.05, 4.69) is 57.2 Å². The van der Waals surface area contributed by atoms with Crippen LogP contribution in [-0.4, -0.2) is 37.2 Å². The van der Waals surface area contributed by atoms with Crippen LogP contribution in [0.2, 0.25) is 0 Å². The third-order valence-corrected chi connectivity index (χ3v) is 13.3. The molecule has 0 spiro atoms. The van der Waals surface area contributed by atoms with Crippen LogP contribution in [0.15, 0.2) is 36.5 Å². The number of esters is 3. The molecule has 0 radical (unpaired) electrons. The van der Waals surface area contributed by atoms with Crippen LogP contribution in [0.25, 0.3) is 0 Å². The Morgan fingerprint density at radius 3 is 0.882 bits per heavy atom. The monoisotopic (exact) mass is 955 g/mol. The molecule has 0 N–H and O–H groups in total. The summed E-state index contributed by atoms with van der Waals surface area (Å²) in [5, 5.41) is 0. The zero-order valence-corrected chi connectivity index (χ0v) is 45.6. The minimum Gasteiger partial charge on any atom is -0.462 e. The van der Waals surface area contributed by atoms with Crippen LogP contribution in [0, 0.1) is 0 Å². The summed E-state index contributed by atoms with van der Waals surface area (Å²) in [6, 6.07) is 0. The number of carbonyl (C=O) groups is 3. The van der Waals surface area contributed by atoms with Crippen molar-refractivity contribution in [2.45, 2.75) is 329 Å². The molecule has 0 aromatic rings. The molecule has 0 saturated heterocycles. The third-order valence-electron chi connectivity index (χ3n) is 13.3. The Hall–Kier alpha value is -2.37. The Bertz CT molecular complexity index is 1140. The van der Waals surface area contributed by atoms with Crippen LogP contribution in [0.3, 0.4) is 0 Å². The summed E-state index contributed by atoms with van der Waals surface area (Å²) in [7, 11) is 0. The van der Waals surface area contributed by atoms with Gasteiger partial charge in [-0.2, -0.15) is 0 Å². The van der Waals surface area contributed by atoms with Crippen molar-refractivity contribution in [3.63, 3.8) is 0 Å². The molecule has 0 aliphatic rings. The third kappa shape index (κ3) is 54.6. The second-order valence-electron chi connectivity index (χ2n) is 20.3. The average molecular weight is 956 g/mol. The highest BCUT2D eigenvalue weighted by Gasteiger charge is 2.19. The van der Waals surface area contributed by atoms with Gasteiger partial charge in [-0.25, -0.2) is 0 Å². The van der Waals surface area contributed by atoms with Gasteiger partial charge in [0.1, 0.15) is 13.2 Å². The molecule has 398 valence electrons. The van der Waals surface area contributed by atoms with Gasteiger partial charge in [-0.1, -0.05) is 269 Å². The van der Waals surface area contributed by atoms with E-state index < -0.39 is 6.10 Å². The quantitative estimate of drug-likeness (QED) is 0.0262. The van der Waals surface area contributed by atoms with Crippen LogP contribution in [-0.2, 0) is 28.6 Å². The molecule has 0 aromatic heterocycles. The average Bonchev–Trinajstić information content (AvgIpc) is 3.34. The van der Waals surface area contributed by atoms with Gasteiger partial charge in [0.25, 0.3) is 0 Å². The van der Waals surface area contributed by atoms with Crippen LogP contribution in [0.4, 0.5) is 0 Å². The summed E-state index contributed by atoms with van der Waals surface area (Å²) < 4.78 is 16.9. The summed E-state index contributed by atoms with van der Waals surface area (Å²) in [5.74, 6) is -0.875. The lowest BCUT2D eigenvalue weighted by molar-refractivity contribution is -0.167. The van der Waals surface area contributed by atoms with Crippen LogP contribution >= 0.6 is 0 Å². The molecular weight excluding hydrogens is 841 g/mol. The van der Waals surface area contributed by atoms with Gasteiger partial charge in [-0.3, -0.25) is 14.4 Å². The summed E-state index contributed by atoms with van der Waals surface area (Å²) in [6.45, 7) is 6.61. The molecule has 6 heteroatoms. The van der Waals surface area contributed by atoms with Gasteiger partial charge in [-0.05, 0) is 70.6 Å². The van der Waals surface area contributed by atoms with Gasteiger partial charge < -0.3 is 14.2 Å². The highest BCUT2D eigenvalue weighted by atomic mass is 16.6. The molecule has 0 aliphatic heterocycles. The normalized spacial score (nSPS) is 12.2.